The van der Waals surface area contributed by atoms with Crippen LogP contribution in [0.15, 0.2) is 91.0 Å². The van der Waals surface area contributed by atoms with Crippen LogP contribution in [0, 0.1) is 0 Å². The summed E-state index contributed by atoms with van der Waals surface area (Å²) in [5.74, 6) is 0.312. The topological polar surface area (TPSA) is 26.8 Å². The molecule has 2 heterocycles. The lowest BCUT2D eigenvalue weighted by Crippen LogP contribution is -2.48. The maximum atomic E-state index is 12.5. The Morgan fingerprint density at radius 2 is 1.22 bits per heavy atom. The van der Waals surface area contributed by atoms with Crippen LogP contribution in [-0.4, -0.2) is 59.9 Å². The highest BCUT2D eigenvalue weighted by Crippen LogP contribution is 2.33. The molecule has 4 nitrogen and oxygen atoms in total. The van der Waals surface area contributed by atoms with Crippen LogP contribution in [0.2, 0.25) is 0 Å². The lowest BCUT2D eigenvalue weighted by atomic mass is 9.96. The summed E-state index contributed by atoms with van der Waals surface area (Å²) in [5.41, 5.74) is 4.00. The van der Waals surface area contributed by atoms with Gasteiger partial charge < -0.3 is 9.80 Å². The molecule has 0 aliphatic carbocycles. The molecule has 0 aromatic heterocycles. The van der Waals surface area contributed by atoms with Crippen molar-refractivity contribution in [1.29, 1.82) is 0 Å². The van der Waals surface area contributed by atoms with E-state index in [9.17, 15) is 4.79 Å². The molecule has 1 unspecified atom stereocenters. The van der Waals surface area contributed by atoms with E-state index < -0.39 is 0 Å². The third-order valence-corrected chi connectivity index (χ3v) is 7.39. The quantitative estimate of drug-likeness (QED) is 0.361. The molecule has 0 N–H and O–H groups in total. The van der Waals surface area contributed by atoms with Crippen molar-refractivity contribution in [2.24, 2.45) is 0 Å². The van der Waals surface area contributed by atoms with Gasteiger partial charge in [0, 0.05) is 39.1 Å². The van der Waals surface area contributed by atoms with Crippen molar-refractivity contribution in [2.45, 2.75) is 31.3 Å². The Labute approximate surface area is 228 Å². The highest BCUT2D eigenvalue weighted by atomic mass is 35.5. The van der Waals surface area contributed by atoms with Gasteiger partial charge >= 0.3 is 0 Å². The fourth-order valence-corrected chi connectivity index (χ4v) is 5.63. The molecule has 5 rings (SSSR count). The maximum absolute atomic E-state index is 12.5. The summed E-state index contributed by atoms with van der Waals surface area (Å²) >= 11 is 0. The number of carbonyl (C=O) groups excluding carboxylic acids is 1. The molecule has 0 saturated carbocycles. The minimum atomic E-state index is 0. The molecular formula is C30H37Cl2N3O. The summed E-state index contributed by atoms with van der Waals surface area (Å²) < 4.78 is 0. The first kappa shape index (κ1) is 28.2. The van der Waals surface area contributed by atoms with Crippen molar-refractivity contribution in [1.82, 2.24) is 14.7 Å². The SMILES string of the molecule is Cl.Cl.O=C1CCC(c2ccccc2)N1CCCN1CCN(C(c2ccccc2)c2ccccc2)CC1. The Kier molecular flexibility index (Phi) is 10.8. The molecule has 3 aromatic carbocycles. The number of hydrogen-bond donors (Lipinski definition) is 0. The van der Waals surface area contributed by atoms with Gasteiger partial charge in [-0.25, -0.2) is 0 Å². The second kappa shape index (κ2) is 13.8. The van der Waals surface area contributed by atoms with E-state index in [1.54, 1.807) is 0 Å². The predicted molar refractivity (Wildman–Crippen MR) is 152 cm³/mol. The molecule has 1 amide bonds. The van der Waals surface area contributed by atoms with Gasteiger partial charge in [-0.15, -0.1) is 24.8 Å². The molecule has 3 aromatic rings. The molecule has 2 fully saturated rings. The maximum Gasteiger partial charge on any atom is 0.223 e. The number of likely N-dealkylation sites (tertiary alicyclic amines) is 1. The minimum Gasteiger partial charge on any atom is -0.336 e. The second-order valence-corrected chi connectivity index (χ2v) is 9.51. The summed E-state index contributed by atoms with van der Waals surface area (Å²) in [6, 6.07) is 32.8. The first-order valence-electron chi connectivity index (χ1n) is 12.7. The highest BCUT2D eigenvalue weighted by molar-refractivity contribution is 5.85. The third-order valence-electron chi connectivity index (χ3n) is 7.39. The zero-order valence-corrected chi connectivity index (χ0v) is 22.4. The van der Waals surface area contributed by atoms with E-state index >= 15 is 0 Å². The van der Waals surface area contributed by atoms with Crippen LogP contribution in [0.4, 0.5) is 0 Å². The Balaban J connectivity index is 0.00000180. The second-order valence-electron chi connectivity index (χ2n) is 9.51. The van der Waals surface area contributed by atoms with Crippen molar-refractivity contribution < 1.29 is 4.79 Å². The largest absolute Gasteiger partial charge is 0.336 e. The number of carbonyl (C=O) groups is 1. The number of benzene rings is 3. The first-order chi connectivity index (χ1) is 16.8. The molecule has 1 atom stereocenters. The zero-order valence-electron chi connectivity index (χ0n) is 20.7. The zero-order chi connectivity index (χ0) is 23.2. The molecule has 6 heteroatoms. The van der Waals surface area contributed by atoms with Crippen molar-refractivity contribution in [2.75, 3.05) is 39.3 Å². The van der Waals surface area contributed by atoms with Crippen LogP contribution in [0.3, 0.4) is 0 Å². The number of rotatable bonds is 8. The smallest absolute Gasteiger partial charge is 0.223 e. The van der Waals surface area contributed by atoms with Gasteiger partial charge in [-0.2, -0.15) is 0 Å². The van der Waals surface area contributed by atoms with E-state index in [1.165, 1.54) is 16.7 Å². The van der Waals surface area contributed by atoms with Gasteiger partial charge in [-0.1, -0.05) is 91.0 Å². The summed E-state index contributed by atoms with van der Waals surface area (Å²) in [6.07, 6.45) is 2.66. The van der Waals surface area contributed by atoms with E-state index in [2.05, 4.69) is 99.6 Å². The van der Waals surface area contributed by atoms with Gasteiger partial charge in [-0.05, 0) is 36.1 Å². The van der Waals surface area contributed by atoms with Crippen LogP contribution < -0.4 is 0 Å². The van der Waals surface area contributed by atoms with Gasteiger partial charge in [0.2, 0.25) is 5.91 Å². The van der Waals surface area contributed by atoms with E-state index in [4.69, 9.17) is 0 Å². The number of halogens is 2. The van der Waals surface area contributed by atoms with Gasteiger partial charge in [0.25, 0.3) is 0 Å². The first-order valence-corrected chi connectivity index (χ1v) is 12.7. The molecule has 2 aliphatic rings. The van der Waals surface area contributed by atoms with E-state index in [-0.39, 0.29) is 30.9 Å². The van der Waals surface area contributed by atoms with Gasteiger partial charge in [-0.3, -0.25) is 9.69 Å². The molecule has 36 heavy (non-hydrogen) atoms. The Morgan fingerprint density at radius 1 is 0.694 bits per heavy atom. The molecule has 0 radical (unpaired) electrons. The lowest BCUT2D eigenvalue weighted by Gasteiger charge is -2.40. The normalized spacial score (nSPS) is 18.6. The summed E-state index contributed by atoms with van der Waals surface area (Å²) in [6.45, 7) is 6.18. The molecule has 0 spiro atoms. The fourth-order valence-electron chi connectivity index (χ4n) is 5.63. The van der Waals surface area contributed by atoms with E-state index in [0.29, 0.717) is 18.4 Å². The van der Waals surface area contributed by atoms with Crippen LogP contribution in [0.25, 0.3) is 0 Å². The number of piperazine rings is 1. The van der Waals surface area contributed by atoms with Crippen LogP contribution >= 0.6 is 24.8 Å². The van der Waals surface area contributed by atoms with Gasteiger partial charge in [0.05, 0.1) is 12.1 Å². The van der Waals surface area contributed by atoms with Gasteiger partial charge in [0.15, 0.2) is 0 Å². The van der Waals surface area contributed by atoms with Crippen molar-refractivity contribution in [3.8, 4) is 0 Å². The molecular weight excluding hydrogens is 489 g/mol. The molecule has 0 bridgehead atoms. The highest BCUT2D eigenvalue weighted by Gasteiger charge is 2.32. The summed E-state index contributed by atoms with van der Waals surface area (Å²) in [4.78, 5) is 19.8. The monoisotopic (exact) mass is 525 g/mol. The molecule has 192 valence electrons. The summed E-state index contributed by atoms with van der Waals surface area (Å²) in [5, 5.41) is 0. The van der Waals surface area contributed by atoms with Crippen molar-refractivity contribution in [3.05, 3.63) is 108 Å². The average Bonchev–Trinajstić information content (AvgIpc) is 3.27. The lowest BCUT2D eigenvalue weighted by molar-refractivity contribution is -0.129. The van der Waals surface area contributed by atoms with Crippen LogP contribution in [0.1, 0.15) is 48.0 Å². The van der Waals surface area contributed by atoms with Crippen LogP contribution in [-0.2, 0) is 4.79 Å². The number of nitrogens with zero attached hydrogens (tertiary/aromatic N) is 3. The van der Waals surface area contributed by atoms with Gasteiger partial charge in [0.1, 0.15) is 0 Å². The Hall–Kier alpha value is -2.37. The number of amides is 1. The Morgan fingerprint density at radius 3 is 1.78 bits per heavy atom. The third kappa shape index (κ3) is 6.68. The van der Waals surface area contributed by atoms with Crippen molar-refractivity contribution in [3.63, 3.8) is 0 Å². The van der Waals surface area contributed by atoms with Crippen molar-refractivity contribution >= 4 is 30.7 Å². The van der Waals surface area contributed by atoms with E-state index in [1.807, 2.05) is 6.07 Å². The molecule has 2 aliphatic heterocycles. The van der Waals surface area contributed by atoms with Crippen LogP contribution in [0.5, 0.6) is 0 Å². The summed E-state index contributed by atoms with van der Waals surface area (Å²) in [7, 11) is 0. The minimum absolute atomic E-state index is 0. The Bertz CT molecular complexity index is 1000. The predicted octanol–water partition coefficient (Wildman–Crippen LogP) is 5.99. The average molecular weight is 527 g/mol. The molecule has 2 saturated heterocycles. The van der Waals surface area contributed by atoms with E-state index in [0.717, 1.165) is 52.1 Å². The standard InChI is InChI=1S/C30H35N3O.2ClH/c34-29-18-17-28(25-11-4-1-5-12-25)33(29)20-10-19-31-21-23-32(24-22-31)30(26-13-6-2-7-14-26)27-15-8-3-9-16-27;;/h1-9,11-16,28,30H,10,17-24H2;2*1H. The fraction of sp³-hybridized carbons (Fsp3) is 0.367. The number of hydrogen-bond acceptors (Lipinski definition) is 3.